The molecule has 0 saturated heterocycles. The molecule has 0 saturated carbocycles. The number of aliphatic carboxylic acids is 1. The van der Waals surface area contributed by atoms with Crippen molar-refractivity contribution in [2.24, 2.45) is 0 Å². The van der Waals surface area contributed by atoms with Gasteiger partial charge in [-0.2, -0.15) is 0 Å². The van der Waals surface area contributed by atoms with E-state index in [1.54, 1.807) is 6.92 Å². The van der Waals surface area contributed by atoms with E-state index < -0.39 is 16.9 Å². The maximum Gasteiger partial charge on any atom is 0.326 e. The third-order valence-electron chi connectivity index (χ3n) is 2.43. The van der Waals surface area contributed by atoms with Crippen molar-refractivity contribution in [1.29, 1.82) is 0 Å². The molecular weight excluding hydrogens is 240 g/mol. The Morgan fingerprint density at radius 2 is 2.28 bits per heavy atom. The van der Waals surface area contributed by atoms with E-state index in [9.17, 15) is 14.9 Å². The SMILES string of the molecule is CCC(Nc1ccc([N+](=O)[O-])cc1OC)C(=O)O. The van der Waals surface area contributed by atoms with Crippen LogP contribution in [-0.2, 0) is 4.79 Å². The van der Waals surface area contributed by atoms with E-state index in [0.717, 1.165) is 0 Å². The van der Waals surface area contributed by atoms with Crippen LogP contribution in [0.15, 0.2) is 18.2 Å². The van der Waals surface area contributed by atoms with Crippen LogP contribution >= 0.6 is 0 Å². The fraction of sp³-hybridized carbons (Fsp3) is 0.364. The molecule has 1 atom stereocenters. The Bertz CT molecular complexity index is 461. The Kier molecular flexibility index (Phi) is 4.47. The highest BCUT2D eigenvalue weighted by atomic mass is 16.6. The first-order valence-corrected chi connectivity index (χ1v) is 5.31. The molecule has 7 nitrogen and oxygen atoms in total. The number of hydrogen-bond acceptors (Lipinski definition) is 5. The highest BCUT2D eigenvalue weighted by molar-refractivity contribution is 5.78. The van der Waals surface area contributed by atoms with Gasteiger partial charge < -0.3 is 15.2 Å². The number of hydrogen-bond donors (Lipinski definition) is 2. The summed E-state index contributed by atoms with van der Waals surface area (Å²) in [4.78, 5) is 21.0. The number of ether oxygens (including phenoxy) is 1. The predicted octanol–water partition coefficient (Wildman–Crippen LogP) is 1.88. The molecule has 1 unspecified atom stereocenters. The number of nitro benzene ring substituents is 1. The van der Waals surface area contributed by atoms with Gasteiger partial charge in [-0.1, -0.05) is 6.92 Å². The monoisotopic (exact) mass is 254 g/mol. The number of benzene rings is 1. The molecule has 0 radical (unpaired) electrons. The molecule has 7 heteroatoms. The molecular formula is C11H14N2O5. The maximum absolute atomic E-state index is 10.9. The van der Waals surface area contributed by atoms with E-state index in [1.165, 1.54) is 25.3 Å². The molecule has 0 aromatic heterocycles. The third kappa shape index (κ3) is 3.09. The number of anilines is 1. The van der Waals surface area contributed by atoms with Gasteiger partial charge in [0.2, 0.25) is 0 Å². The van der Waals surface area contributed by atoms with Gasteiger partial charge in [-0.3, -0.25) is 10.1 Å². The lowest BCUT2D eigenvalue weighted by Gasteiger charge is -2.16. The van der Waals surface area contributed by atoms with E-state index in [0.29, 0.717) is 12.1 Å². The number of methoxy groups -OCH3 is 1. The Morgan fingerprint density at radius 3 is 2.72 bits per heavy atom. The largest absolute Gasteiger partial charge is 0.494 e. The number of carboxylic acid groups (broad SMARTS) is 1. The van der Waals surface area contributed by atoms with Crippen molar-refractivity contribution in [3.8, 4) is 5.75 Å². The van der Waals surface area contributed by atoms with Crippen LogP contribution < -0.4 is 10.1 Å². The van der Waals surface area contributed by atoms with Gasteiger partial charge in [0.1, 0.15) is 11.8 Å². The lowest BCUT2D eigenvalue weighted by Crippen LogP contribution is -2.28. The molecule has 1 rings (SSSR count). The number of rotatable bonds is 6. The van der Waals surface area contributed by atoms with Crippen LogP contribution in [0.3, 0.4) is 0 Å². The molecule has 0 aliphatic heterocycles. The molecule has 98 valence electrons. The quantitative estimate of drug-likeness (QED) is 0.593. The van der Waals surface area contributed by atoms with Gasteiger partial charge in [0.25, 0.3) is 5.69 Å². The molecule has 2 N–H and O–H groups in total. The predicted molar refractivity (Wildman–Crippen MR) is 65.0 cm³/mol. The van der Waals surface area contributed by atoms with Crippen molar-refractivity contribution in [3.63, 3.8) is 0 Å². The van der Waals surface area contributed by atoms with E-state index in [4.69, 9.17) is 9.84 Å². The molecule has 18 heavy (non-hydrogen) atoms. The normalized spacial score (nSPS) is 11.7. The Labute approximate surface area is 104 Å². The van der Waals surface area contributed by atoms with Gasteiger partial charge in [0.15, 0.2) is 0 Å². The highest BCUT2D eigenvalue weighted by Crippen LogP contribution is 2.29. The van der Waals surface area contributed by atoms with Crippen LogP contribution in [0.2, 0.25) is 0 Å². The van der Waals surface area contributed by atoms with Crippen molar-refractivity contribution >= 4 is 17.3 Å². The smallest absolute Gasteiger partial charge is 0.326 e. The second-order valence-electron chi connectivity index (χ2n) is 3.59. The molecule has 0 amide bonds. The first kappa shape index (κ1) is 13.8. The molecule has 1 aromatic carbocycles. The molecule has 0 spiro atoms. The average Bonchev–Trinajstić information content (AvgIpc) is 2.35. The second kappa shape index (κ2) is 5.85. The van der Waals surface area contributed by atoms with E-state index >= 15 is 0 Å². The summed E-state index contributed by atoms with van der Waals surface area (Å²) in [5, 5.41) is 22.3. The van der Waals surface area contributed by atoms with Crippen LogP contribution in [0.5, 0.6) is 5.75 Å². The van der Waals surface area contributed by atoms with Gasteiger partial charge in [-0.05, 0) is 12.5 Å². The zero-order valence-corrected chi connectivity index (χ0v) is 10.0. The first-order chi connectivity index (χ1) is 8.49. The lowest BCUT2D eigenvalue weighted by molar-refractivity contribution is -0.384. The summed E-state index contributed by atoms with van der Waals surface area (Å²) in [7, 11) is 1.37. The summed E-state index contributed by atoms with van der Waals surface area (Å²) in [5.74, 6) is -0.748. The van der Waals surface area contributed by atoms with Gasteiger partial charge in [-0.15, -0.1) is 0 Å². The molecule has 0 heterocycles. The molecule has 0 bridgehead atoms. The second-order valence-corrected chi connectivity index (χ2v) is 3.59. The Hall–Kier alpha value is -2.31. The number of nitrogens with zero attached hydrogens (tertiary/aromatic N) is 1. The summed E-state index contributed by atoms with van der Waals surface area (Å²) >= 11 is 0. The lowest BCUT2D eigenvalue weighted by atomic mass is 10.2. The molecule has 0 aliphatic rings. The summed E-state index contributed by atoms with van der Waals surface area (Å²) in [6.07, 6.45) is 0.384. The molecule has 0 aliphatic carbocycles. The third-order valence-corrected chi connectivity index (χ3v) is 2.43. The van der Waals surface area contributed by atoms with Crippen molar-refractivity contribution < 1.29 is 19.6 Å². The number of carboxylic acids is 1. The van der Waals surface area contributed by atoms with Crippen molar-refractivity contribution in [2.75, 3.05) is 12.4 Å². The minimum Gasteiger partial charge on any atom is -0.494 e. The fourth-order valence-electron chi connectivity index (χ4n) is 1.44. The Morgan fingerprint density at radius 1 is 1.61 bits per heavy atom. The van der Waals surface area contributed by atoms with Crippen molar-refractivity contribution in [2.45, 2.75) is 19.4 Å². The zero-order chi connectivity index (χ0) is 13.7. The number of nitro groups is 1. The van der Waals surface area contributed by atoms with Gasteiger partial charge in [0, 0.05) is 6.07 Å². The number of carbonyl (C=O) groups is 1. The number of nitrogens with one attached hydrogen (secondary N) is 1. The summed E-state index contributed by atoms with van der Waals surface area (Å²) < 4.78 is 5.00. The standard InChI is InChI=1S/C11H14N2O5/c1-3-8(11(14)15)12-9-5-4-7(13(16)17)6-10(9)18-2/h4-6,8,12H,3H2,1-2H3,(H,14,15). The van der Waals surface area contributed by atoms with Gasteiger partial charge in [-0.25, -0.2) is 4.79 Å². The van der Waals surface area contributed by atoms with Crippen LogP contribution in [0, 0.1) is 10.1 Å². The van der Waals surface area contributed by atoms with E-state index in [-0.39, 0.29) is 11.4 Å². The van der Waals surface area contributed by atoms with Gasteiger partial charge >= 0.3 is 5.97 Å². The molecule has 1 aromatic rings. The van der Waals surface area contributed by atoms with Crippen LogP contribution in [-0.4, -0.2) is 29.2 Å². The highest BCUT2D eigenvalue weighted by Gasteiger charge is 2.18. The van der Waals surface area contributed by atoms with Crippen LogP contribution in [0.25, 0.3) is 0 Å². The van der Waals surface area contributed by atoms with Crippen LogP contribution in [0.4, 0.5) is 11.4 Å². The minimum absolute atomic E-state index is 0.110. The fourth-order valence-corrected chi connectivity index (χ4v) is 1.44. The summed E-state index contributed by atoms with van der Waals surface area (Å²) in [6.45, 7) is 1.73. The minimum atomic E-state index is -0.988. The van der Waals surface area contributed by atoms with Crippen LogP contribution in [0.1, 0.15) is 13.3 Å². The van der Waals surface area contributed by atoms with E-state index in [2.05, 4.69) is 5.32 Å². The van der Waals surface area contributed by atoms with Crippen molar-refractivity contribution in [1.82, 2.24) is 0 Å². The Balaban J connectivity index is 3.02. The zero-order valence-electron chi connectivity index (χ0n) is 10.0. The first-order valence-electron chi connectivity index (χ1n) is 5.31. The summed E-state index contributed by atoms with van der Waals surface area (Å²) in [6, 6.07) is 3.21. The van der Waals surface area contributed by atoms with E-state index in [1.807, 2.05) is 0 Å². The number of non-ortho nitro benzene ring substituents is 1. The topological polar surface area (TPSA) is 102 Å². The van der Waals surface area contributed by atoms with Crippen molar-refractivity contribution in [3.05, 3.63) is 28.3 Å². The molecule has 0 fully saturated rings. The summed E-state index contributed by atoms with van der Waals surface area (Å²) in [5.41, 5.74) is 0.304. The maximum atomic E-state index is 10.9. The van der Waals surface area contributed by atoms with Gasteiger partial charge in [0.05, 0.1) is 23.8 Å². The average molecular weight is 254 g/mol.